The molecule has 0 saturated heterocycles. The van der Waals surface area contributed by atoms with Crippen molar-refractivity contribution in [3.05, 3.63) is 11.8 Å². The Labute approximate surface area is 131 Å². The molecular formula is C15H26N4OS. The molecular weight excluding hydrogens is 284 g/mol. The van der Waals surface area contributed by atoms with Crippen LogP contribution in [0.4, 0.5) is 5.82 Å². The molecule has 21 heavy (non-hydrogen) atoms. The lowest BCUT2D eigenvalue weighted by molar-refractivity contribution is -0.115. The SMILES string of the molecule is CCS[C@@H]1CCCC[C@H]1NCC(=O)Nc1cc(C)nn1C. The Morgan fingerprint density at radius 3 is 2.90 bits per heavy atom. The molecule has 1 aliphatic carbocycles. The topological polar surface area (TPSA) is 59.0 Å². The van der Waals surface area contributed by atoms with Crippen LogP contribution in [0.5, 0.6) is 0 Å². The second-order valence-corrected chi connectivity index (χ2v) is 7.12. The highest BCUT2D eigenvalue weighted by Crippen LogP contribution is 2.28. The van der Waals surface area contributed by atoms with Gasteiger partial charge in [-0.1, -0.05) is 19.8 Å². The molecule has 2 atom stereocenters. The molecule has 5 nitrogen and oxygen atoms in total. The summed E-state index contributed by atoms with van der Waals surface area (Å²) < 4.78 is 1.70. The van der Waals surface area contributed by atoms with E-state index in [9.17, 15) is 4.79 Å². The second-order valence-electron chi connectivity index (χ2n) is 5.61. The van der Waals surface area contributed by atoms with Gasteiger partial charge in [0.1, 0.15) is 5.82 Å². The smallest absolute Gasteiger partial charge is 0.239 e. The number of rotatable bonds is 6. The molecule has 0 aliphatic heterocycles. The molecule has 0 unspecified atom stereocenters. The van der Waals surface area contributed by atoms with Crippen LogP contribution < -0.4 is 10.6 Å². The first-order chi connectivity index (χ1) is 10.1. The molecule has 0 aromatic carbocycles. The molecule has 1 amide bonds. The van der Waals surface area contributed by atoms with Crippen LogP contribution >= 0.6 is 11.8 Å². The van der Waals surface area contributed by atoms with E-state index in [0.717, 1.165) is 17.3 Å². The highest BCUT2D eigenvalue weighted by molar-refractivity contribution is 7.99. The zero-order chi connectivity index (χ0) is 15.2. The van der Waals surface area contributed by atoms with E-state index in [2.05, 4.69) is 22.7 Å². The molecule has 1 fully saturated rings. The molecule has 0 radical (unpaired) electrons. The number of amides is 1. The Kier molecular flexibility index (Phi) is 6.11. The molecule has 1 heterocycles. The zero-order valence-electron chi connectivity index (χ0n) is 13.2. The number of carbonyl (C=O) groups excluding carboxylic acids is 1. The van der Waals surface area contributed by atoms with Crippen LogP contribution in [0.2, 0.25) is 0 Å². The van der Waals surface area contributed by atoms with E-state index in [1.165, 1.54) is 25.7 Å². The van der Waals surface area contributed by atoms with E-state index in [-0.39, 0.29) is 5.91 Å². The van der Waals surface area contributed by atoms with Gasteiger partial charge in [-0.15, -0.1) is 0 Å². The van der Waals surface area contributed by atoms with Gasteiger partial charge in [0.15, 0.2) is 0 Å². The average molecular weight is 310 g/mol. The van der Waals surface area contributed by atoms with Gasteiger partial charge in [-0.3, -0.25) is 9.48 Å². The van der Waals surface area contributed by atoms with E-state index in [4.69, 9.17) is 0 Å². The van der Waals surface area contributed by atoms with Gasteiger partial charge in [0.05, 0.1) is 12.2 Å². The number of thioether (sulfide) groups is 1. The van der Waals surface area contributed by atoms with E-state index in [0.29, 0.717) is 17.8 Å². The molecule has 2 rings (SSSR count). The van der Waals surface area contributed by atoms with E-state index < -0.39 is 0 Å². The van der Waals surface area contributed by atoms with Crippen LogP contribution in [-0.2, 0) is 11.8 Å². The van der Waals surface area contributed by atoms with Crippen LogP contribution in [0.1, 0.15) is 38.3 Å². The van der Waals surface area contributed by atoms with E-state index in [1.807, 2.05) is 31.8 Å². The van der Waals surface area contributed by atoms with Gasteiger partial charge in [-0.05, 0) is 25.5 Å². The lowest BCUT2D eigenvalue weighted by Gasteiger charge is -2.31. The summed E-state index contributed by atoms with van der Waals surface area (Å²) in [7, 11) is 1.84. The molecule has 1 aromatic rings. The summed E-state index contributed by atoms with van der Waals surface area (Å²) in [6.07, 6.45) is 5.02. The number of hydrogen-bond donors (Lipinski definition) is 2. The normalized spacial score (nSPS) is 22.2. The highest BCUT2D eigenvalue weighted by Gasteiger charge is 2.25. The first-order valence-corrected chi connectivity index (χ1v) is 8.80. The molecule has 2 N–H and O–H groups in total. The Morgan fingerprint density at radius 1 is 1.48 bits per heavy atom. The third-order valence-electron chi connectivity index (χ3n) is 3.88. The minimum atomic E-state index is 0.00354. The van der Waals surface area contributed by atoms with Gasteiger partial charge in [0, 0.05) is 24.4 Å². The average Bonchev–Trinajstić information content (AvgIpc) is 2.76. The lowest BCUT2D eigenvalue weighted by atomic mass is 9.95. The molecule has 1 aliphatic rings. The van der Waals surface area contributed by atoms with Crippen molar-refractivity contribution in [2.24, 2.45) is 7.05 Å². The highest BCUT2D eigenvalue weighted by atomic mass is 32.2. The minimum Gasteiger partial charge on any atom is -0.310 e. The summed E-state index contributed by atoms with van der Waals surface area (Å²) in [5, 5.41) is 11.2. The van der Waals surface area contributed by atoms with Gasteiger partial charge >= 0.3 is 0 Å². The third-order valence-corrected chi connectivity index (χ3v) is 5.20. The second kappa shape index (κ2) is 7.84. The van der Waals surface area contributed by atoms with Crippen molar-refractivity contribution in [1.29, 1.82) is 0 Å². The Balaban J connectivity index is 1.81. The summed E-state index contributed by atoms with van der Waals surface area (Å²) in [6, 6.07) is 2.34. The Hall–Kier alpha value is -1.01. The molecule has 1 aromatic heterocycles. The van der Waals surface area contributed by atoms with Gasteiger partial charge in [-0.2, -0.15) is 16.9 Å². The fourth-order valence-electron chi connectivity index (χ4n) is 2.88. The standard InChI is InChI=1S/C15H26N4OS/c1-4-21-13-8-6-5-7-12(13)16-10-15(20)17-14-9-11(2)18-19(14)3/h9,12-13,16H,4-8,10H2,1-3H3,(H,17,20)/t12-,13-/m1/s1. The van der Waals surface area contributed by atoms with E-state index >= 15 is 0 Å². The zero-order valence-corrected chi connectivity index (χ0v) is 14.0. The van der Waals surface area contributed by atoms with Gasteiger partial charge in [-0.25, -0.2) is 0 Å². The van der Waals surface area contributed by atoms with Crippen molar-refractivity contribution in [3.63, 3.8) is 0 Å². The van der Waals surface area contributed by atoms with Crippen LogP contribution in [0.15, 0.2) is 6.07 Å². The fourth-order valence-corrected chi connectivity index (χ4v) is 4.11. The Bertz CT molecular complexity index is 472. The molecule has 1 saturated carbocycles. The van der Waals surface area contributed by atoms with Crippen LogP contribution in [0.25, 0.3) is 0 Å². The monoisotopic (exact) mass is 310 g/mol. The van der Waals surface area contributed by atoms with Crippen LogP contribution in [-0.4, -0.2) is 39.3 Å². The molecule has 6 heteroatoms. The number of carbonyl (C=O) groups is 1. The maximum absolute atomic E-state index is 12.1. The third kappa shape index (κ3) is 4.74. The summed E-state index contributed by atoms with van der Waals surface area (Å²) in [6.45, 7) is 4.49. The number of hydrogen-bond acceptors (Lipinski definition) is 4. The minimum absolute atomic E-state index is 0.00354. The quantitative estimate of drug-likeness (QED) is 0.846. The fraction of sp³-hybridized carbons (Fsp3) is 0.733. The summed E-state index contributed by atoms with van der Waals surface area (Å²) >= 11 is 2.01. The predicted octanol–water partition coefficient (Wildman–Crippen LogP) is 2.32. The maximum atomic E-state index is 12.1. The number of aryl methyl sites for hydroxylation is 2. The molecule has 0 spiro atoms. The molecule has 118 valence electrons. The van der Waals surface area contributed by atoms with Crippen LogP contribution in [0, 0.1) is 6.92 Å². The first-order valence-electron chi connectivity index (χ1n) is 7.75. The van der Waals surface area contributed by atoms with Crippen molar-refractivity contribution in [1.82, 2.24) is 15.1 Å². The van der Waals surface area contributed by atoms with Crippen molar-refractivity contribution in [3.8, 4) is 0 Å². The van der Waals surface area contributed by atoms with E-state index in [1.54, 1.807) is 4.68 Å². The largest absolute Gasteiger partial charge is 0.310 e. The maximum Gasteiger partial charge on any atom is 0.239 e. The van der Waals surface area contributed by atoms with Crippen molar-refractivity contribution < 1.29 is 4.79 Å². The van der Waals surface area contributed by atoms with Gasteiger partial charge in [0.25, 0.3) is 0 Å². The van der Waals surface area contributed by atoms with Crippen molar-refractivity contribution in [2.75, 3.05) is 17.6 Å². The summed E-state index contributed by atoms with van der Waals surface area (Å²) in [4.78, 5) is 12.1. The van der Waals surface area contributed by atoms with Gasteiger partial charge in [0.2, 0.25) is 5.91 Å². The Morgan fingerprint density at radius 2 is 2.24 bits per heavy atom. The lowest BCUT2D eigenvalue weighted by Crippen LogP contribution is -2.44. The number of nitrogens with one attached hydrogen (secondary N) is 2. The first kappa shape index (κ1) is 16.4. The van der Waals surface area contributed by atoms with Crippen molar-refractivity contribution >= 4 is 23.5 Å². The number of anilines is 1. The number of aromatic nitrogens is 2. The predicted molar refractivity (Wildman–Crippen MR) is 88.8 cm³/mol. The van der Waals surface area contributed by atoms with Crippen molar-refractivity contribution in [2.45, 2.75) is 50.8 Å². The van der Waals surface area contributed by atoms with Gasteiger partial charge < -0.3 is 10.6 Å². The summed E-state index contributed by atoms with van der Waals surface area (Å²) in [5.74, 6) is 1.90. The van der Waals surface area contributed by atoms with Crippen LogP contribution in [0.3, 0.4) is 0 Å². The number of nitrogens with zero attached hydrogens (tertiary/aromatic N) is 2. The molecule has 0 bridgehead atoms. The summed E-state index contributed by atoms with van der Waals surface area (Å²) in [5.41, 5.74) is 0.910.